The minimum atomic E-state index is -0.0504. The Morgan fingerprint density at radius 2 is 2.16 bits per heavy atom. The molecule has 1 saturated carbocycles. The van der Waals surface area contributed by atoms with E-state index in [4.69, 9.17) is 11.6 Å². The topological polar surface area (TPSA) is 56.7 Å². The first-order chi connectivity index (χ1) is 12.0. The van der Waals surface area contributed by atoms with Gasteiger partial charge in [-0.15, -0.1) is 0 Å². The summed E-state index contributed by atoms with van der Waals surface area (Å²) < 4.78 is 0. The fourth-order valence-corrected chi connectivity index (χ4v) is 4.04. The van der Waals surface area contributed by atoms with Gasteiger partial charge in [0, 0.05) is 33.1 Å². The molecule has 25 heavy (non-hydrogen) atoms. The number of hydrogen-bond acceptors (Lipinski definition) is 2. The van der Waals surface area contributed by atoms with Crippen molar-refractivity contribution in [2.75, 3.05) is 32.0 Å². The molecule has 1 heterocycles. The maximum atomic E-state index is 12.1. The van der Waals surface area contributed by atoms with Crippen molar-refractivity contribution in [3.8, 4) is 0 Å². The van der Waals surface area contributed by atoms with E-state index in [9.17, 15) is 4.79 Å². The van der Waals surface area contributed by atoms with Crippen LogP contribution < -0.4 is 10.6 Å². The predicted octanol–water partition coefficient (Wildman–Crippen LogP) is 3.43. The summed E-state index contributed by atoms with van der Waals surface area (Å²) in [7, 11) is 1.81. The molecule has 0 radical (unpaired) electrons. The first-order valence-corrected chi connectivity index (χ1v) is 9.41. The molecule has 2 N–H and O–H groups in total. The molecule has 1 aliphatic carbocycles. The third-order valence-electron chi connectivity index (χ3n) is 5.40. The zero-order valence-electron chi connectivity index (χ0n) is 15.1. The van der Waals surface area contributed by atoms with Crippen molar-refractivity contribution in [1.29, 1.82) is 0 Å². The molecule has 1 saturated heterocycles. The van der Waals surface area contributed by atoms with Gasteiger partial charge < -0.3 is 15.5 Å². The van der Waals surface area contributed by atoms with Crippen molar-refractivity contribution >= 4 is 29.2 Å². The lowest BCUT2D eigenvalue weighted by Gasteiger charge is -2.38. The molecule has 0 atom stereocenters. The van der Waals surface area contributed by atoms with E-state index in [1.54, 1.807) is 7.05 Å². The van der Waals surface area contributed by atoms with Crippen molar-refractivity contribution in [3.63, 3.8) is 0 Å². The molecule has 0 bridgehead atoms. The molecule has 1 aromatic rings. The van der Waals surface area contributed by atoms with Crippen molar-refractivity contribution in [2.45, 2.75) is 39.0 Å². The third kappa shape index (κ3) is 4.27. The maximum Gasteiger partial charge on any atom is 0.226 e. The minimum absolute atomic E-state index is 0.0504. The lowest BCUT2D eigenvalue weighted by atomic mass is 9.68. The molecular weight excluding hydrogens is 336 g/mol. The lowest BCUT2D eigenvalue weighted by molar-refractivity contribution is -0.116. The number of carbonyl (C=O) groups excluding carboxylic acids is 1. The molecule has 0 aromatic heterocycles. The summed E-state index contributed by atoms with van der Waals surface area (Å²) in [6.45, 7) is 4.69. The first kappa shape index (κ1) is 18.1. The van der Waals surface area contributed by atoms with E-state index < -0.39 is 0 Å². The SMILES string of the molecule is CN=C(NCCC(=O)Nc1ccc(C)cc1Cl)N1CCC2(CCC2)C1. The normalized spacial score (nSPS) is 19.0. The fraction of sp³-hybridized carbons (Fsp3) is 0.579. The fourth-order valence-electron chi connectivity index (χ4n) is 3.76. The zero-order chi connectivity index (χ0) is 17.9. The van der Waals surface area contributed by atoms with Crippen LogP contribution in [0, 0.1) is 12.3 Å². The molecule has 3 rings (SSSR count). The standard InChI is InChI=1S/C19H27ClN4O/c1-14-4-5-16(15(20)12-14)23-17(25)6-10-22-18(21-2)24-11-9-19(13-24)7-3-8-19/h4-5,12H,3,6-11,13H2,1-2H3,(H,21,22)(H,23,25). The van der Waals surface area contributed by atoms with Crippen molar-refractivity contribution in [2.24, 2.45) is 10.4 Å². The number of likely N-dealkylation sites (tertiary alicyclic amines) is 1. The number of benzene rings is 1. The minimum Gasteiger partial charge on any atom is -0.356 e. The zero-order valence-corrected chi connectivity index (χ0v) is 15.8. The van der Waals surface area contributed by atoms with Gasteiger partial charge in [-0.05, 0) is 49.3 Å². The van der Waals surface area contributed by atoms with Crippen LogP contribution in [0.15, 0.2) is 23.2 Å². The Balaban J connectivity index is 1.44. The van der Waals surface area contributed by atoms with E-state index in [0.717, 1.165) is 24.6 Å². The summed E-state index contributed by atoms with van der Waals surface area (Å²) in [5.41, 5.74) is 2.27. The summed E-state index contributed by atoms with van der Waals surface area (Å²) in [5.74, 6) is 0.857. The Labute approximate surface area is 154 Å². The van der Waals surface area contributed by atoms with Gasteiger partial charge in [0.05, 0.1) is 10.7 Å². The van der Waals surface area contributed by atoms with Crippen LogP contribution in [0.5, 0.6) is 0 Å². The van der Waals surface area contributed by atoms with Crippen molar-refractivity contribution in [3.05, 3.63) is 28.8 Å². The van der Waals surface area contributed by atoms with Crippen molar-refractivity contribution in [1.82, 2.24) is 10.2 Å². The first-order valence-electron chi connectivity index (χ1n) is 9.03. The molecule has 0 unspecified atom stereocenters. The van der Waals surface area contributed by atoms with E-state index in [-0.39, 0.29) is 5.91 Å². The Kier molecular flexibility index (Phi) is 5.52. The summed E-state index contributed by atoms with van der Waals surface area (Å²) >= 11 is 6.16. The number of hydrogen-bond donors (Lipinski definition) is 2. The molecule has 1 amide bonds. The van der Waals surface area contributed by atoms with Gasteiger partial charge in [0.1, 0.15) is 0 Å². The van der Waals surface area contributed by atoms with E-state index >= 15 is 0 Å². The number of aliphatic imine (C=N–C) groups is 1. The number of carbonyl (C=O) groups is 1. The van der Waals surface area contributed by atoms with Gasteiger partial charge >= 0.3 is 0 Å². The van der Waals surface area contributed by atoms with Crippen LogP contribution in [0.3, 0.4) is 0 Å². The lowest BCUT2D eigenvalue weighted by Crippen LogP contribution is -2.43. The Morgan fingerprint density at radius 1 is 1.36 bits per heavy atom. The van der Waals surface area contributed by atoms with Crippen LogP contribution in [-0.2, 0) is 4.79 Å². The Morgan fingerprint density at radius 3 is 2.76 bits per heavy atom. The van der Waals surface area contributed by atoms with Crippen LogP contribution in [-0.4, -0.2) is 43.4 Å². The average molecular weight is 363 g/mol. The van der Waals surface area contributed by atoms with Gasteiger partial charge in [-0.2, -0.15) is 0 Å². The Bertz CT molecular complexity index is 669. The second-order valence-corrected chi connectivity index (χ2v) is 7.69. The molecule has 6 heteroatoms. The molecule has 2 fully saturated rings. The molecule has 1 aromatic carbocycles. The molecule has 1 aliphatic heterocycles. The van der Waals surface area contributed by atoms with Gasteiger partial charge in [-0.1, -0.05) is 24.1 Å². The van der Waals surface area contributed by atoms with Gasteiger partial charge in [0.25, 0.3) is 0 Å². The van der Waals surface area contributed by atoms with Gasteiger partial charge in [-0.25, -0.2) is 0 Å². The van der Waals surface area contributed by atoms with Crippen LogP contribution in [0.4, 0.5) is 5.69 Å². The molecule has 5 nitrogen and oxygen atoms in total. The number of halogens is 1. The highest BCUT2D eigenvalue weighted by molar-refractivity contribution is 6.33. The highest BCUT2D eigenvalue weighted by atomic mass is 35.5. The molecule has 136 valence electrons. The summed E-state index contributed by atoms with van der Waals surface area (Å²) in [6, 6.07) is 5.62. The largest absolute Gasteiger partial charge is 0.356 e. The van der Waals surface area contributed by atoms with Crippen molar-refractivity contribution < 1.29 is 4.79 Å². The van der Waals surface area contributed by atoms with Crippen LogP contribution in [0.1, 0.15) is 37.7 Å². The summed E-state index contributed by atoms with van der Waals surface area (Å²) in [5, 5.41) is 6.75. The number of nitrogens with zero attached hydrogens (tertiary/aromatic N) is 2. The third-order valence-corrected chi connectivity index (χ3v) is 5.71. The van der Waals surface area contributed by atoms with E-state index in [2.05, 4.69) is 20.5 Å². The second kappa shape index (κ2) is 7.65. The van der Waals surface area contributed by atoms with Crippen LogP contribution in [0.2, 0.25) is 5.02 Å². The predicted molar refractivity (Wildman–Crippen MR) is 103 cm³/mol. The smallest absolute Gasteiger partial charge is 0.226 e. The van der Waals surface area contributed by atoms with E-state index in [1.165, 1.54) is 25.7 Å². The quantitative estimate of drug-likeness (QED) is 0.637. The number of guanidine groups is 1. The second-order valence-electron chi connectivity index (χ2n) is 7.28. The van der Waals surface area contributed by atoms with Gasteiger partial charge in [-0.3, -0.25) is 9.79 Å². The Hall–Kier alpha value is -1.75. The molecule has 1 spiro atoms. The summed E-state index contributed by atoms with van der Waals surface area (Å²) in [6.07, 6.45) is 5.70. The number of amides is 1. The molecule has 2 aliphatic rings. The summed E-state index contributed by atoms with van der Waals surface area (Å²) in [4.78, 5) is 18.8. The molecular formula is C19H27ClN4O. The van der Waals surface area contributed by atoms with Crippen LogP contribution in [0.25, 0.3) is 0 Å². The highest BCUT2D eigenvalue weighted by Crippen LogP contribution is 2.47. The van der Waals surface area contributed by atoms with E-state index in [0.29, 0.717) is 29.1 Å². The average Bonchev–Trinajstić information content (AvgIpc) is 3.00. The number of aryl methyl sites for hydroxylation is 1. The number of anilines is 1. The van der Waals surface area contributed by atoms with Gasteiger partial charge in [0.15, 0.2) is 5.96 Å². The number of nitrogens with one attached hydrogen (secondary N) is 2. The van der Waals surface area contributed by atoms with Gasteiger partial charge in [0.2, 0.25) is 5.91 Å². The maximum absolute atomic E-state index is 12.1. The monoisotopic (exact) mass is 362 g/mol. The van der Waals surface area contributed by atoms with E-state index in [1.807, 2.05) is 25.1 Å². The number of rotatable bonds is 4. The van der Waals surface area contributed by atoms with Crippen LogP contribution >= 0.6 is 11.6 Å². The highest BCUT2D eigenvalue weighted by Gasteiger charge is 2.43.